The smallest absolute Gasteiger partial charge is 0.0979 e. The van der Waals surface area contributed by atoms with Gasteiger partial charge in [0, 0.05) is 7.11 Å². The van der Waals surface area contributed by atoms with Gasteiger partial charge >= 0.3 is 0 Å². The first kappa shape index (κ1) is 14.3. The maximum Gasteiger partial charge on any atom is 0.0979 e. The van der Waals surface area contributed by atoms with Crippen LogP contribution in [0.1, 0.15) is 17.2 Å². The summed E-state index contributed by atoms with van der Waals surface area (Å²) in [6, 6.07) is 21.4. The van der Waals surface area contributed by atoms with Gasteiger partial charge in [0.1, 0.15) is 0 Å². The second-order valence-corrected chi connectivity index (χ2v) is 5.34. The van der Waals surface area contributed by atoms with Crippen LogP contribution < -0.4 is 5.32 Å². The van der Waals surface area contributed by atoms with E-state index in [1.165, 1.54) is 11.1 Å². The number of hydrogen-bond donors (Lipinski definition) is 1. The van der Waals surface area contributed by atoms with E-state index in [9.17, 15) is 0 Å². The van der Waals surface area contributed by atoms with Crippen LogP contribution >= 0.6 is 0 Å². The summed E-state index contributed by atoms with van der Waals surface area (Å²) in [5, 5.41) is 3.70. The van der Waals surface area contributed by atoms with Crippen LogP contribution in [0.3, 0.4) is 0 Å². The topological polar surface area (TPSA) is 30.5 Å². The minimum Gasteiger partial charge on any atom is -0.377 e. The van der Waals surface area contributed by atoms with Crippen LogP contribution in [0.5, 0.6) is 0 Å². The van der Waals surface area contributed by atoms with Crippen molar-refractivity contribution in [2.24, 2.45) is 0 Å². The first-order chi connectivity index (χ1) is 10.4. The van der Waals surface area contributed by atoms with E-state index in [4.69, 9.17) is 9.47 Å². The third-order valence-electron chi connectivity index (χ3n) is 3.98. The number of hydrogen-bond acceptors (Lipinski definition) is 3. The molecule has 3 nitrogen and oxygen atoms in total. The van der Waals surface area contributed by atoms with Crippen LogP contribution in [0.15, 0.2) is 60.7 Å². The molecule has 1 aliphatic heterocycles. The zero-order chi connectivity index (χ0) is 14.5. The van der Waals surface area contributed by atoms with Crippen molar-refractivity contribution in [2.45, 2.75) is 18.2 Å². The minimum absolute atomic E-state index is 0.111. The molecule has 0 aromatic heterocycles. The van der Waals surface area contributed by atoms with E-state index in [0.717, 1.165) is 0 Å². The summed E-state index contributed by atoms with van der Waals surface area (Å²) < 4.78 is 11.1. The van der Waals surface area contributed by atoms with E-state index in [1.54, 1.807) is 7.11 Å². The Kier molecular flexibility index (Phi) is 4.65. The van der Waals surface area contributed by atoms with Gasteiger partial charge in [0.05, 0.1) is 31.4 Å². The molecule has 1 N–H and O–H groups in total. The van der Waals surface area contributed by atoms with Gasteiger partial charge in [-0.3, -0.25) is 5.32 Å². The quantitative estimate of drug-likeness (QED) is 0.915. The Hall–Kier alpha value is -1.68. The number of rotatable bonds is 5. The van der Waals surface area contributed by atoms with Gasteiger partial charge in [0.15, 0.2) is 0 Å². The van der Waals surface area contributed by atoms with E-state index < -0.39 is 0 Å². The molecule has 1 heterocycles. The highest BCUT2D eigenvalue weighted by Gasteiger charge is 2.30. The fourth-order valence-corrected chi connectivity index (χ4v) is 2.81. The molecule has 3 rings (SSSR count). The molecule has 1 saturated heterocycles. The standard InChI is InChI=1S/C18H21NO2/c1-20-17-13-21-12-16(17)19-18(14-8-4-2-5-9-14)15-10-6-3-7-11-15/h2-11,16-19H,12-13H2,1H3/t16-,17+/m0/s1. The fraction of sp³-hybridized carbons (Fsp3) is 0.333. The van der Waals surface area contributed by atoms with E-state index in [-0.39, 0.29) is 18.2 Å². The largest absolute Gasteiger partial charge is 0.377 e. The van der Waals surface area contributed by atoms with Crippen molar-refractivity contribution in [3.63, 3.8) is 0 Å². The zero-order valence-electron chi connectivity index (χ0n) is 12.2. The molecule has 0 radical (unpaired) electrons. The van der Waals surface area contributed by atoms with Crippen molar-refractivity contribution in [2.75, 3.05) is 20.3 Å². The van der Waals surface area contributed by atoms with E-state index in [0.29, 0.717) is 13.2 Å². The second kappa shape index (κ2) is 6.85. The summed E-state index contributed by atoms with van der Waals surface area (Å²) in [6.45, 7) is 1.35. The Morgan fingerprint density at radius 2 is 1.52 bits per heavy atom. The Morgan fingerprint density at radius 3 is 2.05 bits per heavy atom. The summed E-state index contributed by atoms with van der Waals surface area (Å²) in [7, 11) is 1.74. The first-order valence-corrected chi connectivity index (χ1v) is 7.35. The second-order valence-electron chi connectivity index (χ2n) is 5.34. The Bertz CT molecular complexity index is 504. The molecule has 2 aromatic rings. The molecule has 0 unspecified atom stereocenters. The summed E-state index contributed by atoms with van der Waals surface area (Å²) in [5.41, 5.74) is 2.51. The summed E-state index contributed by atoms with van der Waals surface area (Å²) in [5.74, 6) is 0. The molecule has 3 heteroatoms. The van der Waals surface area contributed by atoms with Crippen LogP contribution in [-0.4, -0.2) is 32.5 Å². The van der Waals surface area contributed by atoms with Crippen molar-refractivity contribution in [3.8, 4) is 0 Å². The van der Waals surface area contributed by atoms with Gasteiger partial charge in [-0.05, 0) is 11.1 Å². The number of methoxy groups -OCH3 is 1. The highest BCUT2D eigenvalue weighted by atomic mass is 16.5. The number of nitrogens with one attached hydrogen (secondary N) is 1. The Labute approximate surface area is 125 Å². The third-order valence-corrected chi connectivity index (χ3v) is 3.98. The molecule has 0 bridgehead atoms. The molecule has 0 amide bonds. The third kappa shape index (κ3) is 3.32. The first-order valence-electron chi connectivity index (χ1n) is 7.35. The maximum atomic E-state index is 5.55. The lowest BCUT2D eigenvalue weighted by Gasteiger charge is -2.26. The Balaban J connectivity index is 1.86. The Morgan fingerprint density at radius 1 is 0.952 bits per heavy atom. The summed E-state index contributed by atoms with van der Waals surface area (Å²) in [6.07, 6.45) is 0.111. The van der Waals surface area contributed by atoms with Gasteiger partial charge in [-0.15, -0.1) is 0 Å². The maximum absolute atomic E-state index is 5.55. The fourth-order valence-electron chi connectivity index (χ4n) is 2.81. The normalized spacial score (nSPS) is 21.8. The monoisotopic (exact) mass is 283 g/mol. The molecule has 1 fully saturated rings. The van der Waals surface area contributed by atoms with E-state index >= 15 is 0 Å². The number of benzene rings is 2. The van der Waals surface area contributed by atoms with Crippen molar-refractivity contribution >= 4 is 0 Å². The average Bonchev–Trinajstić information content (AvgIpc) is 3.01. The van der Waals surface area contributed by atoms with Gasteiger partial charge in [-0.25, -0.2) is 0 Å². The van der Waals surface area contributed by atoms with Crippen molar-refractivity contribution in [3.05, 3.63) is 71.8 Å². The van der Waals surface area contributed by atoms with Gasteiger partial charge in [0.2, 0.25) is 0 Å². The molecular weight excluding hydrogens is 262 g/mol. The van der Waals surface area contributed by atoms with Gasteiger partial charge in [-0.1, -0.05) is 60.7 Å². The van der Waals surface area contributed by atoms with Crippen LogP contribution in [0.25, 0.3) is 0 Å². The minimum atomic E-state index is 0.111. The summed E-state index contributed by atoms with van der Waals surface area (Å²) in [4.78, 5) is 0. The van der Waals surface area contributed by atoms with E-state index in [1.807, 2.05) is 12.1 Å². The lowest BCUT2D eigenvalue weighted by molar-refractivity contribution is 0.0723. The molecule has 0 spiro atoms. The predicted molar refractivity (Wildman–Crippen MR) is 83.3 cm³/mol. The molecular formula is C18H21NO2. The molecule has 110 valence electrons. The van der Waals surface area contributed by atoms with Gasteiger partial charge < -0.3 is 9.47 Å². The van der Waals surface area contributed by atoms with Crippen molar-refractivity contribution < 1.29 is 9.47 Å². The molecule has 21 heavy (non-hydrogen) atoms. The van der Waals surface area contributed by atoms with Gasteiger partial charge in [0.25, 0.3) is 0 Å². The van der Waals surface area contributed by atoms with Crippen LogP contribution in [0.4, 0.5) is 0 Å². The summed E-state index contributed by atoms with van der Waals surface area (Å²) >= 11 is 0. The zero-order valence-corrected chi connectivity index (χ0v) is 12.2. The molecule has 2 aromatic carbocycles. The number of ether oxygens (including phenoxy) is 2. The predicted octanol–water partition coefficient (Wildman–Crippen LogP) is 2.78. The highest BCUT2D eigenvalue weighted by Crippen LogP contribution is 2.24. The molecule has 0 aliphatic carbocycles. The van der Waals surface area contributed by atoms with Crippen LogP contribution in [0.2, 0.25) is 0 Å². The molecule has 1 aliphatic rings. The van der Waals surface area contributed by atoms with Crippen molar-refractivity contribution in [1.29, 1.82) is 0 Å². The van der Waals surface area contributed by atoms with E-state index in [2.05, 4.69) is 53.8 Å². The van der Waals surface area contributed by atoms with Crippen molar-refractivity contribution in [1.82, 2.24) is 5.32 Å². The lowest BCUT2D eigenvalue weighted by Crippen LogP contribution is -2.42. The molecule has 2 atom stereocenters. The SMILES string of the molecule is CO[C@@H]1COC[C@@H]1NC(c1ccccc1)c1ccccc1. The lowest BCUT2D eigenvalue weighted by atomic mass is 9.97. The average molecular weight is 283 g/mol. The highest BCUT2D eigenvalue weighted by molar-refractivity contribution is 5.31. The van der Waals surface area contributed by atoms with Crippen LogP contribution in [0, 0.1) is 0 Å². The molecule has 0 saturated carbocycles. The van der Waals surface area contributed by atoms with Crippen LogP contribution in [-0.2, 0) is 9.47 Å². The van der Waals surface area contributed by atoms with Gasteiger partial charge in [-0.2, -0.15) is 0 Å².